The third-order valence-electron chi connectivity index (χ3n) is 2.97. The highest BCUT2D eigenvalue weighted by Crippen LogP contribution is 2.48. The molecule has 0 saturated heterocycles. The van der Waals surface area contributed by atoms with Crippen molar-refractivity contribution >= 4 is 17.1 Å². The van der Waals surface area contributed by atoms with Crippen LogP contribution in [-0.4, -0.2) is 17.8 Å². The van der Waals surface area contributed by atoms with E-state index in [1.54, 1.807) is 0 Å². The average Bonchev–Trinajstić information content (AvgIpc) is 2.84. The number of thiazole rings is 1. The number of aromatic nitrogens is 1. The van der Waals surface area contributed by atoms with Crippen LogP contribution in [0.2, 0.25) is 0 Å². The molecule has 0 spiro atoms. The lowest BCUT2D eigenvalue weighted by Crippen LogP contribution is -2.11. The van der Waals surface area contributed by atoms with E-state index in [4.69, 9.17) is 0 Å². The quantitative estimate of drug-likeness (QED) is 0.797. The van der Waals surface area contributed by atoms with Crippen molar-refractivity contribution < 1.29 is 4.79 Å². The van der Waals surface area contributed by atoms with Crippen molar-refractivity contribution in [1.29, 1.82) is 0 Å². The van der Waals surface area contributed by atoms with E-state index in [1.165, 1.54) is 16.2 Å². The molecule has 1 aromatic rings. The molecule has 0 amide bonds. The van der Waals surface area contributed by atoms with Crippen molar-refractivity contribution in [3.05, 3.63) is 15.6 Å². The Morgan fingerprint density at radius 2 is 2.27 bits per heavy atom. The summed E-state index contributed by atoms with van der Waals surface area (Å²) in [5.74, 6) is 0.234. The van der Waals surface area contributed by atoms with Crippen molar-refractivity contribution in [2.24, 2.45) is 5.41 Å². The summed E-state index contributed by atoms with van der Waals surface area (Å²) in [6.07, 6.45) is 2.04. The second-order valence-corrected chi connectivity index (χ2v) is 5.53. The summed E-state index contributed by atoms with van der Waals surface area (Å²) in [4.78, 5) is 17.6. The molecule has 1 heterocycles. The largest absolute Gasteiger partial charge is 0.315 e. The van der Waals surface area contributed by atoms with Gasteiger partial charge in [-0.05, 0) is 26.8 Å². The number of carbonyl (C=O) groups is 1. The van der Waals surface area contributed by atoms with Gasteiger partial charge in [0.25, 0.3) is 0 Å². The first-order valence-electron chi connectivity index (χ1n) is 5.22. The minimum Gasteiger partial charge on any atom is -0.315 e. The lowest BCUT2D eigenvalue weighted by molar-refractivity contribution is 0.0912. The Morgan fingerprint density at radius 1 is 1.60 bits per heavy atom. The molecule has 0 unspecified atom stereocenters. The minimum absolute atomic E-state index is 0.0960. The number of Topliss-reactive ketones (excluding diaryl/α,β-unsaturated/α-hetero) is 1. The van der Waals surface area contributed by atoms with Crippen LogP contribution >= 0.6 is 11.3 Å². The normalized spacial score (nSPS) is 17.8. The molecule has 0 atom stereocenters. The molecule has 1 fully saturated rings. The monoisotopic (exact) mass is 224 g/mol. The fourth-order valence-electron chi connectivity index (χ4n) is 1.52. The fourth-order valence-corrected chi connectivity index (χ4v) is 2.69. The minimum atomic E-state index is -0.0960. The molecule has 0 aromatic carbocycles. The van der Waals surface area contributed by atoms with E-state index >= 15 is 0 Å². The Kier molecular flexibility index (Phi) is 2.64. The van der Waals surface area contributed by atoms with Crippen molar-refractivity contribution in [3.63, 3.8) is 0 Å². The second kappa shape index (κ2) is 3.68. The zero-order valence-electron chi connectivity index (χ0n) is 9.39. The summed E-state index contributed by atoms with van der Waals surface area (Å²) in [6.45, 7) is 4.80. The van der Waals surface area contributed by atoms with E-state index < -0.39 is 0 Å². The van der Waals surface area contributed by atoms with Crippen molar-refractivity contribution in [2.75, 3.05) is 7.05 Å². The summed E-state index contributed by atoms with van der Waals surface area (Å²) >= 11 is 1.54. The van der Waals surface area contributed by atoms with Crippen LogP contribution in [0.15, 0.2) is 0 Å². The number of nitrogens with one attached hydrogen (secondary N) is 1. The number of aryl methyl sites for hydroxylation is 1. The number of hydrogen-bond donors (Lipinski definition) is 1. The Morgan fingerprint density at radius 3 is 2.80 bits per heavy atom. The second-order valence-electron chi connectivity index (χ2n) is 4.45. The summed E-state index contributed by atoms with van der Waals surface area (Å²) in [5, 5.41) is 3.78. The molecule has 0 aliphatic heterocycles. The van der Waals surface area contributed by atoms with Gasteiger partial charge in [-0.25, -0.2) is 4.98 Å². The molecule has 1 N–H and O–H groups in total. The van der Waals surface area contributed by atoms with Gasteiger partial charge in [0.2, 0.25) is 0 Å². The van der Waals surface area contributed by atoms with E-state index in [9.17, 15) is 4.79 Å². The third-order valence-corrected chi connectivity index (χ3v) is 4.13. The zero-order chi connectivity index (χ0) is 11.1. The summed E-state index contributed by atoms with van der Waals surface area (Å²) in [6, 6.07) is 0. The molecular formula is C11H16N2OS. The molecule has 15 heavy (non-hydrogen) atoms. The maximum Gasteiger partial charge on any atom is 0.197 e. The van der Waals surface area contributed by atoms with Gasteiger partial charge < -0.3 is 5.32 Å². The van der Waals surface area contributed by atoms with Crippen LogP contribution in [-0.2, 0) is 6.54 Å². The summed E-state index contributed by atoms with van der Waals surface area (Å²) < 4.78 is 0. The Balaban J connectivity index is 2.22. The van der Waals surface area contributed by atoms with E-state index in [0.717, 1.165) is 25.1 Å². The fraction of sp³-hybridized carbons (Fsp3) is 0.636. The van der Waals surface area contributed by atoms with Crippen LogP contribution in [0.5, 0.6) is 0 Å². The molecular weight excluding hydrogens is 208 g/mol. The van der Waals surface area contributed by atoms with Gasteiger partial charge in [0.15, 0.2) is 10.8 Å². The van der Waals surface area contributed by atoms with Gasteiger partial charge in [0, 0.05) is 16.8 Å². The van der Waals surface area contributed by atoms with Gasteiger partial charge in [-0.2, -0.15) is 0 Å². The third kappa shape index (κ3) is 1.96. The highest BCUT2D eigenvalue weighted by Gasteiger charge is 2.46. The summed E-state index contributed by atoms with van der Waals surface area (Å²) in [5.41, 5.74) is 0.892. The van der Waals surface area contributed by atoms with E-state index in [2.05, 4.69) is 10.3 Å². The molecule has 2 rings (SSSR count). The van der Waals surface area contributed by atoms with Gasteiger partial charge in [-0.3, -0.25) is 4.79 Å². The first-order valence-corrected chi connectivity index (χ1v) is 6.04. The molecule has 3 nitrogen and oxygen atoms in total. The van der Waals surface area contributed by atoms with Crippen LogP contribution in [0.1, 0.15) is 40.1 Å². The Labute approximate surface area is 93.9 Å². The van der Waals surface area contributed by atoms with Crippen molar-refractivity contribution in [2.45, 2.75) is 33.2 Å². The van der Waals surface area contributed by atoms with Gasteiger partial charge >= 0.3 is 0 Å². The van der Waals surface area contributed by atoms with Gasteiger partial charge in [0.1, 0.15) is 0 Å². The van der Waals surface area contributed by atoms with E-state index in [-0.39, 0.29) is 11.2 Å². The molecule has 4 heteroatoms. The molecule has 1 saturated carbocycles. The van der Waals surface area contributed by atoms with Gasteiger partial charge in [-0.1, -0.05) is 6.92 Å². The van der Waals surface area contributed by atoms with E-state index in [0.29, 0.717) is 5.01 Å². The van der Waals surface area contributed by atoms with Gasteiger partial charge in [0.05, 0.1) is 5.69 Å². The lowest BCUT2D eigenvalue weighted by atomic mass is 10.1. The van der Waals surface area contributed by atoms with Crippen LogP contribution in [0, 0.1) is 12.3 Å². The zero-order valence-corrected chi connectivity index (χ0v) is 10.2. The molecule has 0 bridgehead atoms. The number of nitrogens with zero attached hydrogens (tertiary/aromatic N) is 1. The molecule has 1 aromatic heterocycles. The predicted molar refractivity (Wildman–Crippen MR) is 61.3 cm³/mol. The predicted octanol–water partition coefficient (Wildman–Crippen LogP) is 2.15. The number of hydrogen-bond acceptors (Lipinski definition) is 4. The maximum absolute atomic E-state index is 12.0. The standard InChI is InChI=1S/C11H16N2OS/c1-7-8(6-12-3)15-10(13-7)9(14)11(2)4-5-11/h12H,4-6H2,1-3H3. The van der Waals surface area contributed by atoms with Crippen molar-refractivity contribution in [1.82, 2.24) is 10.3 Å². The Hall–Kier alpha value is -0.740. The smallest absolute Gasteiger partial charge is 0.197 e. The first kappa shape index (κ1) is 10.8. The first-order chi connectivity index (χ1) is 7.07. The maximum atomic E-state index is 12.0. The number of carbonyl (C=O) groups excluding carboxylic acids is 1. The van der Waals surface area contributed by atoms with Gasteiger partial charge in [-0.15, -0.1) is 11.3 Å². The molecule has 0 radical (unpaired) electrons. The van der Waals surface area contributed by atoms with E-state index in [1.807, 2.05) is 20.9 Å². The molecule has 1 aliphatic rings. The van der Waals surface area contributed by atoms with Crippen molar-refractivity contribution in [3.8, 4) is 0 Å². The lowest BCUT2D eigenvalue weighted by Gasteiger charge is -2.01. The van der Waals surface area contributed by atoms with Crippen LogP contribution < -0.4 is 5.32 Å². The highest BCUT2D eigenvalue weighted by atomic mass is 32.1. The summed E-state index contributed by atoms with van der Waals surface area (Å²) in [7, 11) is 1.91. The Bertz CT molecular complexity index is 393. The van der Waals surface area contributed by atoms with Crippen LogP contribution in [0.3, 0.4) is 0 Å². The molecule has 1 aliphatic carbocycles. The SMILES string of the molecule is CNCc1sc(C(=O)C2(C)CC2)nc1C. The molecule has 82 valence electrons. The number of rotatable bonds is 4. The van der Waals surface area contributed by atoms with Crippen LogP contribution in [0.4, 0.5) is 0 Å². The average molecular weight is 224 g/mol. The van der Waals surface area contributed by atoms with Crippen LogP contribution in [0.25, 0.3) is 0 Å². The highest BCUT2D eigenvalue weighted by molar-refractivity contribution is 7.13. The topological polar surface area (TPSA) is 42.0 Å². The number of ketones is 1.